The first-order valence-corrected chi connectivity index (χ1v) is 10.7. The summed E-state index contributed by atoms with van der Waals surface area (Å²) in [6.45, 7) is 8.02. The Labute approximate surface area is 188 Å². The molecule has 0 heterocycles. The Morgan fingerprint density at radius 1 is 0.688 bits per heavy atom. The lowest BCUT2D eigenvalue weighted by Gasteiger charge is -2.28. The van der Waals surface area contributed by atoms with Crippen LogP contribution >= 0.6 is 0 Å². The molecule has 0 radical (unpaired) electrons. The third-order valence-electron chi connectivity index (χ3n) is 5.08. The summed E-state index contributed by atoms with van der Waals surface area (Å²) in [7, 11) is 0. The van der Waals surface area contributed by atoms with E-state index in [9.17, 15) is 9.59 Å². The smallest absolute Gasteiger partial charge is 0.338 e. The van der Waals surface area contributed by atoms with Crippen LogP contribution in [-0.4, -0.2) is 37.4 Å². The summed E-state index contributed by atoms with van der Waals surface area (Å²) < 4.78 is 22.1. The standard InChI is InChI=1S/C26H28O6/c1-3-17-29-21-9-5-19(6-10-21)25(27)31-23-13-15-24(16-14-23)32-26(28)20-7-11-22(12-8-20)30-18-4-2/h3-12,23-24H,1-2,13-18H2. The van der Waals surface area contributed by atoms with Gasteiger partial charge in [-0.2, -0.15) is 0 Å². The molecule has 0 aliphatic heterocycles. The first-order valence-electron chi connectivity index (χ1n) is 10.7. The highest BCUT2D eigenvalue weighted by Crippen LogP contribution is 2.26. The second kappa shape index (κ2) is 11.7. The largest absolute Gasteiger partial charge is 0.490 e. The zero-order valence-corrected chi connectivity index (χ0v) is 18.0. The topological polar surface area (TPSA) is 71.1 Å². The van der Waals surface area contributed by atoms with Gasteiger partial charge in [-0.25, -0.2) is 9.59 Å². The summed E-state index contributed by atoms with van der Waals surface area (Å²) in [5, 5.41) is 0. The molecule has 0 atom stereocenters. The van der Waals surface area contributed by atoms with E-state index in [-0.39, 0.29) is 24.1 Å². The minimum Gasteiger partial charge on any atom is -0.490 e. The number of carbonyl (C=O) groups excluding carboxylic acids is 2. The van der Waals surface area contributed by atoms with Crippen LogP contribution in [0.15, 0.2) is 73.8 Å². The van der Waals surface area contributed by atoms with Crippen molar-refractivity contribution < 1.29 is 28.5 Å². The molecule has 1 saturated carbocycles. The van der Waals surface area contributed by atoms with Crippen molar-refractivity contribution in [3.8, 4) is 11.5 Å². The van der Waals surface area contributed by atoms with E-state index in [0.717, 1.165) is 0 Å². The molecule has 32 heavy (non-hydrogen) atoms. The third kappa shape index (κ3) is 6.74. The lowest BCUT2D eigenvalue weighted by Crippen LogP contribution is -2.29. The van der Waals surface area contributed by atoms with E-state index in [0.29, 0.717) is 61.5 Å². The quantitative estimate of drug-likeness (QED) is 0.379. The van der Waals surface area contributed by atoms with Crippen molar-refractivity contribution in [2.75, 3.05) is 13.2 Å². The number of rotatable bonds is 10. The van der Waals surface area contributed by atoms with Crippen LogP contribution in [0.25, 0.3) is 0 Å². The van der Waals surface area contributed by atoms with E-state index in [4.69, 9.17) is 18.9 Å². The minimum absolute atomic E-state index is 0.185. The average Bonchev–Trinajstić information content (AvgIpc) is 2.83. The van der Waals surface area contributed by atoms with Gasteiger partial charge in [0.25, 0.3) is 0 Å². The van der Waals surface area contributed by atoms with E-state index < -0.39 is 0 Å². The van der Waals surface area contributed by atoms with Gasteiger partial charge in [0, 0.05) is 0 Å². The molecule has 1 aliphatic carbocycles. The maximum Gasteiger partial charge on any atom is 0.338 e. The number of ether oxygens (including phenoxy) is 4. The zero-order chi connectivity index (χ0) is 22.8. The zero-order valence-electron chi connectivity index (χ0n) is 18.0. The van der Waals surface area contributed by atoms with Crippen LogP contribution in [0.2, 0.25) is 0 Å². The van der Waals surface area contributed by atoms with Gasteiger partial charge in [0.2, 0.25) is 0 Å². The fraction of sp³-hybridized carbons (Fsp3) is 0.308. The molecule has 0 saturated heterocycles. The lowest BCUT2D eigenvalue weighted by molar-refractivity contribution is -0.0108. The highest BCUT2D eigenvalue weighted by Gasteiger charge is 2.27. The molecule has 6 heteroatoms. The van der Waals surface area contributed by atoms with Gasteiger partial charge in [-0.05, 0) is 74.2 Å². The fourth-order valence-electron chi connectivity index (χ4n) is 3.39. The van der Waals surface area contributed by atoms with Crippen LogP contribution < -0.4 is 9.47 Å². The van der Waals surface area contributed by atoms with Crippen LogP contribution in [0, 0.1) is 0 Å². The number of hydrogen-bond donors (Lipinski definition) is 0. The van der Waals surface area contributed by atoms with Crippen molar-refractivity contribution in [1.82, 2.24) is 0 Å². The van der Waals surface area contributed by atoms with Crippen molar-refractivity contribution >= 4 is 11.9 Å². The molecule has 0 amide bonds. The monoisotopic (exact) mass is 436 g/mol. The molecule has 1 aliphatic rings. The van der Waals surface area contributed by atoms with Crippen LogP contribution in [0.4, 0.5) is 0 Å². The Balaban J connectivity index is 1.42. The Kier molecular flexibility index (Phi) is 8.49. The normalized spacial score (nSPS) is 17.6. The number of esters is 2. The van der Waals surface area contributed by atoms with Gasteiger partial charge in [0.15, 0.2) is 0 Å². The van der Waals surface area contributed by atoms with Crippen molar-refractivity contribution in [3.63, 3.8) is 0 Å². The summed E-state index contributed by atoms with van der Waals surface area (Å²) in [6, 6.07) is 13.7. The second-order valence-electron chi connectivity index (χ2n) is 7.46. The Bertz CT molecular complexity index is 831. The molecular formula is C26H28O6. The maximum absolute atomic E-state index is 12.4. The highest BCUT2D eigenvalue weighted by atomic mass is 16.6. The van der Waals surface area contributed by atoms with E-state index in [1.807, 2.05) is 0 Å². The van der Waals surface area contributed by atoms with E-state index in [2.05, 4.69) is 13.2 Å². The number of benzene rings is 2. The van der Waals surface area contributed by atoms with Crippen molar-refractivity contribution in [2.24, 2.45) is 0 Å². The van der Waals surface area contributed by atoms with Crippen molar-refractivity contribution in [2.45, 2.75) is 37.9 Å². The average molecular weight is 437 g/mol. The summed E-state index contributed by atoms with van der Waals surface area (Å²) in [5.41, 5.74) is 0.954. The Morgan fingerprint density at radius 3 is 1.34 bits per heavy atom. The van der Waals surface area contributed by atoms with Crippen LogP contribution in [0.1, 0.15) is 46.4 Å². The molecule has 0 bridgehead atoms. The van der Waals surface area contributed by atoms with Crippen LogP contribution in [0.5, 0.6) is 11.5 Å². The van der Waals surface area contributed by atoms with Gasteiger partial charge in [-0.15, -0.1) is 0 Å². The number of carbonyl (C=O) groups is 2. The van der Waals surface area contributed by atoms with Gasteiger partial charge < -0.3 is 18.9 Å². The molecule has 0 aromatic heterocycles. The number of hydrogen-bond acceptors (Lipinski definition) is 6. The summed E-state index contributed by atoms with van der Waals surface area (Å²) in [6.07, 6.45) is 5.55. The molecule has 168 valence electrons. The molecule has 3 rings (SSSR count). The Hall–Kier alpha value is -3.54. The van der Waals surface area contributed by atoms with Gasteiger partial charge in [-0.1, -0.05) is 25.3 Å². The van der Waals surface area contributed by atoms with Crippen molar-refractivity contribution in [1.29, 1.82) is 0 Å². The molecular weight excluding hydrogens is 408 g/mol. The van der Waals surface area contributed by atoms with E-state index in [1.165, 1.54) is 0 Å². The second-order valence-corrected chi connectivity index (χ2v) is 7.46. The predicted octanol–water partition coefficient (Wildman–Crippen LogP) is 5.14. The molecule has 6 nitrogen and oxygen atoms in total. The summed E-state index contributed by atoms with van der Waals surface area (Å²) in [5.74, 6) is 0.615. The van der Waals surface area contributed by atoms with Crippen LogP contribution in [-0.2, 0) is 9.47 Å². The molecule has 0 N–H and O–H groups in total. The van der Waals surface area contributed by atoms with Gasteiger partial charge in [-0.3, -0.25) is 0 Å². The van der Waals surface area contributed by atoms with Gasteiger partial charge >= 0.3 is 11.9 Å². The Morgan fingerprint density at radius 2 is 1.03 bits per heavy atom. The van der Waals surface area contributed by atoms with Gasteiger partial charge in [0.1, 0.15) is 36.9 Å². The van der Waals surface area contributed by atoms with Crippen molar-refractivity contribution in [3.05, 3.63) is 85.0 Å². The van der Waals surface area contributed by atoms with E-state index >= 15 is 0 Å². The van der Waals surface area contributed by atoms with E-state index in [1.54, 1.807) is 60.7 Å². The first kappa shape index (κ1) is 23.1. The maximum atomic E-state index is 12.4. The van der Waals surface area contributed by atoms with Crippen LogP contribution in [0.3, 0.4) is 0 Å². The minimum atomic E-state index is -0.362. The molecule has 2 aromatic rings. The highest BCUT2D eigenvalue weighted by molar-refractivity contribution is 5.90. The third-order valence-corrected chi connectivity index (χ3v) is 5.08. The molecule has 0 unspecified atom stereocenters. The van der Waals surface area contributed by atoms with Gasteiger partial charge in [0.05, 0.1) is 11.1 Å². The molecule has 1 fully saturated rings. The SMILES string of the molecule is C=CCOc1ccc(C(=O)OC2CCC(OC(=O)c3ccc(OCC=C)cc3)CC2)cc1. The summed E-state index contributed by atoms with van der Waals surface area (Å²) >= 11 is 0. The lowest BCUT2D eigenvalue weighted by atomic mass is 9.95. The fourth-order valence-corrected chi connectivity index (χ4v) is 3.39. The predicted molar refractivity (Wildman–Crippen MR) is 121 cm³/mol. The summed E-state index contributed by atoms with van der Waals surface area (Å²) in [4.78, 5) is 24.8. The molecule has 0 spiro atoms. The molecule has 2 aromatic carbocycles. The first-order chi connectivity index (χ1) is 15.6.